The molecule has 1 heterocycles. The van der Waals surface area contributed by atoms with Gasteiger partial charge in [-0.15, -0.1) is 0 Å². The van der Waals surface area contributed by atoms with E-state index in [-0.39, 0.29) is 18.4 Å². The van der Waals surface area contributed by atoms with Gasteiger partial charge in [-0.3, -0.25) is 9.59 Å². The fraction of sp³-hybridized carbons (Fsp3) is 0.167. The van der Waals surface area contributed by atoms with Crippen molar-refractivity contribution in [2.45, 2.75) is 0 Å². The van der Waals surface area contributed by atoms with Crippen molar-refractivity contribution in [1.29, 1.82) is 0 Å². The first-order chi connectivity index (χ1) is 15.5. The smallest absolute Gasteiger partial charge is 0.265 e. The van der Waals surface area contributed by atoms with Crippen LogP contribution in [0.1, 0.15) is 10.4 Å². The number of hydrogen-bond donors (Lipinski definition) is 1. The van der Waals surface area contributed by atoms with Gasteiger partial charge < -0.3 is 24.4 Å². The van der Waals surface area contributed by atoms with Crippen LogP contribution in [0.15, 0.2) is 71.2 Å². The summed E-state index contributed by atoms with van der Waals surface area (Å²) in [7, 11) is 1.60. The molecule has 4 rings (SSSR count). The molecule has 164 valence electrons. The third kappa shape index (κ3) is 5.03. The highest BCUT2D eigenvalue weighted by Gasteiger charge is 2.26. The van der Waals surface area contributed by atoms with Gasteiger partial charge >= 0.3 is 0 Å². The number of nitrogens with one attached hydrogen (secondary N) is 1. The number of anilines is 2. The van der Waals surface area contributed by atoms with Crippen LogP contribution in [0, 0.1) is 0 Å². The fourth-order valence-corrected chi connectivity index (χ4v) is 3.52. The van der Waals surface area contributed by atoms with Crippen LogP contribution in [0.2, 0.25) is 0 Å². The van der Waals surface area contributed by atoms with Crippen LogP contribution in [0.5, 0.6) is 17.2 Å². The van der Waals surface area contributed by atoms with E-state index in [4.69, 9.17) is 14.2 Å². The number of fused-ring (bicyclic) bond motifs is 1. The van der Waals surface area contributed by atoms with Crippen LogP contribution in [0.4, 0.5) is 11.4 Å². The van der Waals surface area contributed by atoms with Gasteiger partial charge in [0.2, 0.25) is 0 Å². The van der Waals surface area contributed by atoms with Crippen molar-refractivity contribution >= 4 is 39.1 Å². The van der Waals surface area contributed by atoms with E-state index in [9.17, 15) is 9.59 Å². The molecule has 0 unspecified atom stereocenters. The summed E-state index contributed by atoms with van der Waals surface area (Å²) in [5, 5.41) is 2.87. The van der Waals surface area contributed by atoms with Gasteiger partial charge in [0.15, 0.2) is 6.61 Å². The highest BCUT2D eigenvalue weighted by Crippen LogP contribution is 2.34. The SMILES string of the molecule is COc1ccc(OCCN2C(=O)COc3ccc(NC(=O)c4ccc(Br)cc4)cc32)cc1. The predicted octanol–water partition coefficient (Wildman–Crippen LogP) is 4.51. The average molecular weight is 497 g/mol. The molecular weight excluding hydrogens is 476 g/mol. The molecule has 0 aliphatic carbocycles. The van der Waals surface area contributed by atoms with Crippen LogP contribution in [-0.2, 0) is 4.79 Å². The quantitative estimate of drug-likeness (QED) is 0.520. The summed E-state index contributed by atoms with van der Waals surface area (Å²) in [5.41, 5.74) is 1.69. The fourth-order valence-electron chi connectivity index (χ4n) is 3.26. The van der Waals surface area contributed by atoms with Gasteiger partial charge in [-0.25, -0.2) is 0 Å². The molecule has 0 saturated carbocycles. The number of benzene rings is 3. The number of ether oxygens (including phenoxy) is 3. The minimum Gasteiger partial charge on any atom is -0.497 e. The Labute approximate surface area is 194 Å². The first kappa shape index (κ1) is 21.7. The van der Waals surface area contributed by atoms with Gasteiger partial charge in [0.05, 0.1) is 19.3 Å². The van der Waals surface area contributed by atoms with Crippen LogP contribution < -0.4 is 24.4 Å². The number of rotatable bonds is 7. The van der Waals surface area contributed by atoms with Gasteiger partial charge in [-0.2, -0.15) is 0 Å². The van der Waals surface area contributed by atoms with Crippen LogP contribution in [0.25, 0.3) is 0 Å². The monoisotopic (exact) mass is 496 g/mol. The molecule has 0 aromatic heterocycles. The molecule has 0 atom stereocenters. The lowest BCUT2D eigenvalue weighted by Gasteiger charge is -2.29. The van der Waals surface area contributed by atoms with Gasteiger partial charge in [-0.1, -0.05) is 15.9 Å². The summed E-state index contributed by atoms with van der Waals surface area (Å²) in [5.74, 6) is 1.59. The van der Waals surface area contributed by atoms with E-state index in [1.165, 1.54) is 0 Å². The molecule has 1 aliphatic rings. The lowest BCUT2D eigenvalue weighted by molar-refractivity contribution is -0.121. The molecule has 1 aliphatic heterocycles. The number of hydrogen-bond acceptors (Lipinski definition) is 5. The Bertz CT molecular complexity index is 1120. The summed E-state index contributed by atoms with van der Waals surface area (Å²) in [4.78, 5) is 26.7. The molecule has 32 heavy (non-hydrogen) atoms. The van der Waals surface area contributed by atoms with Crippen molar-refractivity contribution in [3.8, 4) is 17.2 Å². The van der Waals surface area contributed by atoms with Gasteiger partial charge in [-0.05, 0) is 66.7 Å². The Kier molecular flexibility index (Phi) is 6.61. The standard InChI is InChI=1S/C24H21BrN2O5/c1-30-19-7-9-20(10-8-19)31-13-12-27-21-14-18(6-11-22(21)32-15-23(27)28)26-24(29)16-2-4-17(25)5-3-16/h2-11,14H,12-13,15H2,1H3,(H,26,29). The normalized spacial score (nSPS) is 12.6. The zero-order valence-corrected chi connectivity index (χ0v) is 18.9. The Morgan fingerprint density at radius 3 is 2.50 bits per heavy atom. The Morgan fingerprint density at radius 2 is 1.78 bits per heavy atom. The third-order valence-corrected chi connectivity index (χ3v) is 5.44. The molecule has 0 saturated heterocycles. The first-order valence-corrected chi connectivity index (χ1v) is 10.7. The highest BCUT2D eigenvalue weighted by atomic mass is 79.9. The Morgan fingerprint density at radius 1 is 1.06 bits per heavy atom. The van der Waals surface area contributed by atoms with Crippen molar-refractivity contribution in [3.05, 3.63) is 76.8 Å². The number of methoxy groups -OCH3 is 1. The second-order valence-electron chi connectivity index (χ2n) is 7.00. The van der Waals surface area contributed by atoms with E-state index in [1.54, 1.807) is 54.5 Å². The number of amides is 2. The predicted molar refractivity (Wildman–Crippen MR) is 125 cm³/mol. The zero-order valence-electron chi connectivity index (χ0n) is 17.3. The average Bonchev–Trinajstić information content (AvgIpc) is 2.81. The number of carbonyl (C=O) groups excluding carboxylic acids is 2. The molecule has 0 fully saturated rings. The molecular formula is C24H21BrN2O5. The van der Waals surface area contributed by atoms with Crippen molar-refractivity contribution in [2.24, 2.45) is 0 Å². The topological polar surface area (TPSA) is 77.1 Å². The Balaban J connectivity index is 1.45. The largest absolute Gasteiger partial charge is 0.497 e. The molecule has 7 nitrogen and oxygen atoms in total. The van der Waals surface area contributed by atoms with E-state index in [0.29, 0.717) is 41.6 Å². The Hall–Kier alpha value is -3.52. The van der Waals surface area contributed by atoms with E-state index in [0.717, 1.165) is 10.2 Å². The third-order valence-electron chi connectivity index (χ3n) is 4.91. The lowest BCUT2D eigenvalue weighted by Crippen LogP contribution is -2.41. The van der Waals surface area contributed by atoms with Crippen LogP contribution in [0.3, 0.4) is 0 Å². The summed E-state index contributed by atoms with van der Waals surface area (Å²) in [6.07, 6.45) is 0. The highest BCUT2D eigenvalue weighted by molar-refractivity contribution is 9.10. The van der Waals surface area contributed by atoms with Gasteiger partial charge in [0.25, 0.3) is 11.8 Å². The van der Waals surface area contributed by atoms with Crippen molar-refractivity contribution in [3.63, 3.8) is 0 Å². The van der Waals surface area contributed by atoms with Gasteiger partial charge in [0, 0.05) is 15.7 Å². The second-order valence-corrected chi connectivity index (χ2v) is 7.92. The summed E-state index contributed by atoms with van der Waals surface area (Å²) in [6, 6.07) is 19.5. The number of halogens is 1. The second kappa shape index (κ2) is 9.74. The summed E-state index contributed by atoms with van der Waals surface area (Å²) >= 11 is 3.36. The van der Waals surface area contributed by atoms with Crippen molar-refractivity contribution < 1.29 is 23.8 Å². The van der Waals surface area contributed by atoms with E-state index >= 15 is 0 Å². The number of nitrogens with zero attached hydrogens (tertiary/aromatic N) is 1. The molecule has 0 radical (unpaired) electrons. The summed E-state index contributed by atoms with van der Waals surface area (Å²) in [6.45, 7) is 0.596. The van der Waals surface area contributed by atoms with Crippen molar-refractivity contribution in [1.82, 2.24) is 0 Å². The van der Waals surface area contributed by atoms with E-state index < -0.39 is 0 Å². The molecule has 2 amide bonds. The van der Waals surface area contributed by atoms with Crippen LogP contribution in [-0.4, -0.2) is 38.7 Å². The maximum atomic E-state index is 12.5. The molecule has 3 aromatic carbocycles. The first-order valence-electron chi connectivity index (χ1n) is 9.94. The summed E-state index contributed by atoms with van der Waals surface area (Å²) < 4.78 is 17.4. The van der Waals surface area contributed by atoms with Gasteiger partial charge in [0.1, 0.15) is 23.9 Å². The molecule has 8 heteroatoms. The molecule has 0 spiro atoms. The molecule has 0 bridgehead atoms. The van der Waals surface area contributed by atoms with E-state index in [2.05, 4.69) is 21.2 Å². The molecule has 3 aromatic rings. The maximum absolute atomic E-state index is 12.5. The molecule has 1 N–H and O–H groups in total. The van der Waals surface area contributed by atoms with E-state index in [1.807, 2.05) is 24.3 Å². The van der Waals surface area contributed by atoms with Crippen molar-refractivity contribution in [2.75, 3.05) is 37.1 Å². The van der Waals surface area contributed by atoms with Crippen LogP contribution >= 0.6 is 15.9 Å². The minimum atomic E-state index is -0.241. The lowest BCUT2D eigenvalue weighted by atomic mass is 10.2. The number of carbonyl (C=O) groups is 2. The zero-order chi connectivity index (χ0) is 22.5. The maximum Gasteiger partial charge on any atom is 0.265 e. The minimum absolute atomic E-state index is 0.0415.